The Morgan fingerprint density at radius 2 is 1.72 bits per heavy atom. The van der Waals surface area contributed by atoms with Crippen molar-refractivity contribution in [3.63, 3.8) is 0 Å². The molecule has 2 aliphatic heterocycles. The SMILES string of the molecule is Cc1cc(C)c(C(=O)CN2C(=O)N[C@](C)(c3ccc4c(c3)OCO4)C2=O)c(C)c1. The van der Waals surface area contributed by atoms with Gasteiger partial charge in [-0.05, 0) is 56.5 Å². The van der Waals surface area contributed by atoms with Crippen LogP contribution >= 0.6 is 0 Å². The van der Waals surface area contributed by atoms with Crippen LogP contribution in [0, 0.1) is 20.8 Å². The Bertz CT molecular complexity index is 1040. The molecule has 150 valence electrons. The zero-order valence-electron chi connectivity index (χ0n) is 16.8. The van der Waals surface area contributed by atoms with Crippen molar-refractivity contribution >= 4 is 17.7 Å². The third-order valence-corrected chi connectivity index (χ3v) is 5.48. The number of rotatable bonds is 4. The number of nitrogens with one attached hydrogen (secondary N) is 1. The largest absolute Gasteiger partial charge is 0.454 e. The van der Waals surface area contributed by atoms with Crippen LogP contribution in [0.15, 0.2) is 30.3 Å². The van der Waals surface area contributed by atoms with E-state index < -0.39 is 17.5 Å². The summed E-state index contributed by atoms with van der Waals surface area (Å²) in [5.74, 6) is 0.369. The summed E-state index contributed by atoms with van der Waals surface area (Å²) in [6.45, 7) is 7.10. The number of carbonyl (C=O) groups is 3. The number of imide groups is 1. The second-order valence-electron chi connectivity index (χ2n) is 7.71. The van der Waals surface area contributed by atoms with Crippen molar-refractivity contribution in [1.82, 2.24) is 10.2 Å². The highest BCUT2D eigenvalue weighted by Crippen LogP contribution is 2.38. The molecule has 4 rings (SSSR count). The number of hydrogen-bond acceptors (Lipinski definition) is 5. The summed E-state index contributed by atoms with van der Waals surface area (Å²) in [6.07, 6.45) is 0. The van der Waals surface area contributed by atoms with Gasteiger partial charge in [-0.25, -0.2) is 4.79 Å². The van der Waals surface area contributed by atoms with Crippen LogP contribution in [0.5, 0.6) is 11.5 Å². The van der Waals surface area contributed by atoms with E-state index in [-0.39, 0.29) is 19.1 Å². The van der Waals surface area contributed by atoms with Crippen LogP contribution in [0.2, 0.25) is 0 Å². The van der Waals surface area contributed by atoms with Crippen LogP contribution in [-0.4, -0.2) is 36.0 Å². The van der Waals surface area contributed by atoms with Gasteiger partial charge in [-0.2, -0.15) is 0 Å². The van der Waals surface area contributed by atoms with E-state index in [0.29, 0.717) is 22.6 Å². The molecule has 0 spiro atoms. The van der Waals surface area contributed by atoms with Gasteiger partial charge in [-0.3, -0.25) is 14.5 Å². The highest BCUT2D eigenvalue weighted by Gasteiger charge is 2.50. The second kappa shape index (κ2) is 6.62. The molecule has 0 aliphatic carbocycles. The highest BCUT2D eigenvalue weighted by atomic mass is 16.7. The molecule has 2 heterocycles. The maximum atomic E-state index is 13.1. The number of aryl methyl sites for hydroxylation is 3. The zero-order chi connectivity index (χ0) is 20.9. The molecule has 0 bridgehead atoms. The molecule has 0 aromatic heterocycles. The number of carbonyl (C=O) groups excluding carboxylic acids is 3. The maximum absolute atomic E-state index is 13.1. The lowest BCUT2D eigenvalue weighted by Gasteiger charge is -2.22. The number of amides is 3. The van der Waals surface area contributed by atoms with E-state index in [1.807, 2.05) is 32.9 Å². The fraction of sp³-hybridized carbons (Fsp3) is 0.318. The second-order valence-corrected chi connectivity index (χ2v) is 7.71. The highest BCUT2D eigenvalue weighted by molar-refractivity contribution is 6.11. The van der Waals surface area contributed by atoms with E-state index in [0.717, 1.165) is 21.6 Å². The van der Waals surface area contributed by atoms with Gasteiger partial charge in [0.25, 0.3) is 5.91 Å². The third-order valence-electron chi connectivity index (χ3n) is 5.48. The lowest BCUT2D eigenvalue weighted by Crippen LogP contribution is -2.41. The standard InChI is InChI=1S/C22H22N2O5/c1-12-7-13(2)19(14(3)8-12)16(25)10-24-20(26)22(4,23-21(24)27)15-5-6-17-18(9-15)29-11-28-17/h5-9H,10-11H2,1-4H3,(H,23,27)/t22-/m1/s1. The molecule has 0 unspecified atom stereocenters. The monoisotopic (exact) mass is 394 g/mol. The number of ether oxygens (including phenoxy) is 2. The Labute approximate surface area is 168 Å². The fourth-order valence-corrected chi connectivity index (χ4v) is 4.09. The molecule has 0 saturated carbocycles. The molecular weight excluding hydrogens is 372 g/mol. The summed E-state index contributed by atoms with van der Waals surface area (Å²) in [7, 11) is 0. The molecule has 29 heavy (non-hydrogen) atoms. The first-order chi connectivity index (χ1) is 13.7. The molecule has 2 aromatic rings. The van der Waals surface area contributed by atoms with Crippen molar-refractivity contribution in [2.75, 3.05) is 13.3 Å². The summed E-state index contributed by atoms with van der Waals surface area (Å²) < 4.78 is 10.7. The molecule has 7 nitrogen and oxygen atoms in total. The molecule has 1 saturated heterocycles. The van der Waals surface area contributed by atoms with Crippen molar-refractivity contribution in [2.45, 2.75) is 33.2 Å². The van der Waals surface area contributed by atoms with E-state index in [2.05, 4.69) is 5.32 Å². The molecule has 2 aromatic carbocycles. The Hall–Kier alpha value is -3.35. The maximum Gasteiger partial charge on any atom is 0.325 e. The number of nitrogens with zero attached hydrogens (tertiary/aromatic N) is 1. The Kier molecular flexibility index (Phi) is 4.33. The predicted octanol–water partition coefficient (Wildman–Crippen LogP) is 2.99. The topological polar surface area (TPSA) is 84.9 Å². The Morgan fingerprint density at radius 1 is 1.07 bits per heavy atom. The third kappa shape index (κ3) is 3.03. The van der Waals surface area contributed by atoms with Gasteiger partial charge in [0, 0.05) is 5.56 Å². The number of ketones is 1. The molecule has 3 amide bonds. The van der Waals surface area contributed by atoms with Crippen LogP contribution in [-0.2, 0) is 10.3 Å². The van der Waals surface area contributed by atoms with E-state index in [1.165, 1.54) is 0 Å². The predicted molar refractivity (Wildman–Crippen MR) is 105 cm³/mol. The van der Waals surface area contributed by atoms with Crippen LogP contribution in [0.3, 0.4) is 0 Å². The number of hydrogen-bond donors (Lipinski definition) is 1. The first kappa shape index (κ1) is 19.0. The minimum atomic E-state index is -1.28. The van der Waals surface area contributed by atoms with Crippen molar-refractivity contribution < 1.29 is 23.9 Å². The van der Waals surface area contributed by atoms with Crippen molar-refractivity contribution in [1.29, 1.82) is 0 Å². The quantitative estimate of drug-likeness (QED) is 0.637. The van der Waals surface area contributed by atoms with Gasteiger partial charge >= 0.3 is 6.03 Å². The van der Waals surface area contributed by atoms with Gasteiger partial charge in [0.1, 0.15) is 5.54 Å². The van der Waals surface area contributed by atoms with Crippen molar-refractivity contribution in [3.05, 3.63) is 58.1 Å². The first-order valence-electron chi connectivity index (χ1n) is 9.36. The Morgan fingerprint density at radius 3 is 2.41 bits per heavy atom. The zero-order valence-corrected chi connectivity index (χ0v) is 16.8. The molecule has 1 fully saturated rings. The van der Waals surface area contributed by atoms with Crippen molar-refractivity contribution in [3.8, 4) is 11.5 Å². The number of fused-ring (bicyclic) bond motifs is 1. The normalized spacial score (nSPS) is 20.2. The molecule has 2 aliphatic rings. The number of urea groups is 1. The molecule has 7 heteroatoms. The fourth-order valence-electron chi connectivity index (χ4n) is 4.09. The Balaban J connectivity index is 1.61. The van der Waals surface area contributed by atoms with Gasteiger partial charge < -0.3 is 14.8 Å². The average molecular weight is 394 g/mol. The average Bonchev–Trinajstić information content (AvgIpc) is 3.19. The molecule has 1 N–H and O–H groups in total. The summed E-state index contributed by atoms with van der Waals surface area (Å²) in [5, 5.41) is 2.72. The van der Waals surface area contributed by atoms with Crippen molar-refractivity contribution in [2.24, 2.45) is 0 Å². The van der Waals surface area contributed by atoms with E-state index >= 15 is 0 Å². The lowest BCUT2D eigenvalue weighted by molar-refractivity contribution is -0.130. The molecular formula is C22H22N2O5. The minimum absolute atomic E-state index is 0.117. The minimum Gasteiger partial charge on any atom is -0.454 e. The smallest absolute Gasteiger partial charge is 0.325 e. The summed E-state index contributed by atoms with van der Waals surface area (Å²) >= 11 is 0. The van der Waals surface area contributed by atoms with Gasteiger partial charge in [0.2, 0.25) is 6.79 Å². The van der Waals surface area contributed by atoms with Gasteiger partial charge in [-0.1, -0.05) is 23.8 Å². The van der Waals surface area contributed by atoms with E-state index in [4.69, 9.17) is 9.47 Å². The van der Waals surface area contributed by atoms with E-state index in [9.17, 15) is 14.4 Å². The van der Waals surface area contributed by atoms with Gasteiger partial charge in [0.05, 0.1) is 6.54 Å². The summed E-state index contributed by atoms with van der Waals surface area (Å²) in [4.78, 5) is 39.6. The number of benzene rings is 2. The van der Waals surface area contributed by atoms with Crippen LogP contribution in [0.4, 0.5) is 4.79 Å². The van der Waals surface area contributed by atoms with Gasteiger partial charge in [-0.15, -0.1) is 0 Å². The van der Waals surface area contributed by atoms with E-state index in [1.54, 1.807) is 25.1 Å². The first-order valence-corrected chi connectivity index (χ1v) is 9.36. The molecule has 1 atom stereocenters. The number of Topliss-reactive ketones (excluding diaryl/α,β-unsaturated/α-hetero) is 1. The lowest BCUT2D eigenvalue weighted by atomic mass is 9.91. The summed E-state index contributed by atoms with van der Waals surface area (Å²) in [5.41, 5.74) is 2.55. The van der Waals surface area contributed by atoms with Crippen LogP contribution < -0.4 is 14.8 Å². The molecule has 0 radical (unpaired) electrons. The van der Waals surface area contributed by atoms with Crippen LogP contribution in [0.1, 0.15) is 39.5 Å². The van der Waals surface area contributed by atoms with Gasteiger partial charge in [0.15, 0.2) is 17.3 Å². The summed E-state index contributed by atoms with van der Waals surface area (Å²) in [6, 6.07) is 8.35. The van der Waals surface area contributed by atoms with Crippen LogP contribution in [0.25, 0.3) is 0 Å².